The van der Waals surface area contributed by atoms with Crippen molar-refractivity contribution in [2.45, 2.75) is 34.6 Å². The lowest BCUT2D eigenvalue weighted by atomic mass is 10.6. The van der Waals surface area contributed by atoms with Crippen LogP contribution in [0.25, 0.3) is 0 Å². The molecular formula is C12H23NO3. The fraction of sp³-hybridized carbons (Fsp3) is 0.417. The van der Waals surface area contributed by atoms with Crippen molar-refractivity contribution < 1.29 is 14.4 Å². The monoisotopic (exact) mass is 229 g/mol. The fourth-order valence-electron chi connectivity index (χ4n) is 0. The Hall–Kier alpha value is -1.71. The fourth-order valence-corrected chi connectivity index (χ4v) is 0. The van der Waals surface area contributed by atoms with Gasteiger partial charge in [-0.15, -0.1) is 6.58 Å². The Morgan fingerprint density at radius 1 is 0.938 bits per heavy atom. The van der Waals surface area contributed by atoms with Gasteiger partial charge in [0.1, 0.15) is 11.6 Å². The Labute approximate surface area is 98.2 Å². The van der Waals surface area contributed by atoms with Gasteiger partial charge in [0.25, 0.3) is 0 Å². The third kappa shape index (κ3) is 18600. The standard InChI is InChI=1S/C3H5NO.2C3H6O.C3H6/c1-2-3(4)5;2*1-3(2)4;1-3-2/h2H,1H2,(H2,4,5);2*1-2H3;3H,1H2,2H3. The van der Waals surface area contributed by atoms with Gasteiger partial charge >= 0.3 is 0 Å². The Morgan fingerprint density at radius 3 is 1.00 bits per heavy atom. The first kappa shape index (κ1) is 23.8. The van der Waals surface area contributed by atoms with Gasteiger partial charge in [-0.3, -0.25) is 4.79 Å². The van der Waals surface area contributed by atoms with E-state index in [4.69, 9.17) is 0 Å². The van der Waals surface area contributed by atoms with Gasteiger partial charge in [-0.25, -0.2) is 0 Å². The van der Waals surface area contributed by atoms with Crippen LogP contribution in [0, 0.1) is 0 Å². The van der Waals surface area contributed by atoms with Crippen LogP contribution in [0.5, 0.6) is 0 Å². The molecule has 0 bridgehead atoms. The molecule has 0 fully saturated rings. The maximum absolute atomic E-state index is 9.47. The number of allylic oxidation sites excluding steroid dienone is 1. The van der Waals surface area contributed by atoms with E-state index in [1.807, 2.05) is 6.92 Å². The molecule has 4 heteroatoms. The molecule has 0 spiro atoms. The van der Waals surface area contributed by atoms with Crippen molar-refractivity contribution in [3.8, 4) is 0 Å². The van der Waals surface area contributed by atoms with Gasteiger partial charge in [-0.05, 0) is 40.7 Å². The van der Waals surface area contributed by atoms with E-state index in [1.165, 1.54) is 27.7 Å². The molecule has 94 valence electrons. The Morgan fingerprint density at radius 2 is 1.00 bits per heavy atom. The summed E-state index contributed by atoms with van der Waals surface area (Å²) in [5.41, 5.74) is 4.53. The second kappa shape index (κ2) is 23.3. The molecule has 2 N–H and O–H groups in total. The summed E-state index contributed by atoms with van der Waals surface area (Å²) in [6, 6.07) is 0. The van der Waals surface area contributed by atoms with E-state index in [9.17, 15) is 14.4 Å². The number of carbonyl (C=O) groups is 3. The maximum atomic E-state index is 9.47. The van der Waals surface area contributed by atoms with Crippen LogP contribution in [0.15, 0.2) is 25.3 Å². The van der Waals surface area contributed by atoms with E-state index in [0.29, 0.717) is 0 Å². The zero-order chi connectivity index (χ0) is 14.1. The quantitative estimate of drug-likeness (QED) is 0.552. The molecule has 0 heterocycles. The van der Waals surface area contributed by atoms with Crippen molar-refractivity contribution in [3.63, 3.8) is 0 Å². The average molecular weight is 229 g/mol. The number of hydrogen-bond acceptors (Lipinski definition) is 3. The lowest BCUT2D eigenvalue weighted by Gasteiger charge is -1.65. The van der Waals surface area contributed by atoms with E-state index in [-0.39, 0.29) is 11.6 Å². The van der Waals surface area contributed by atoms with E-state index < -0.39 is 5.91 Å². The highest BCUT2D eigenvalue weighted by Crippen LogP contribution is 1.51. The molecule has 4 nitrogen and oxygen atoms in total. The Balaban J connectivity index is -0.0000000610. The zero-order valence-electron chi connectivity index (χ0n) is 10.9. The van der Waals surface area contributed by atoms with Crippen LogP contribution < -0.4 is 5.73 Å². The third-order valence-corrected chi connectivity index (χ3v) is 0.201. The number of rotatable bonds is 1. The minimum Gasteiger partial charge on any atom is -0.366 e. The first-order valence-electron chi connectivity index (χ1n) is 4.58. The van der Waals surface area contributed by atoms with Crippen molar-refractivity contribution in [2.75, 3.05) is 0 Å². The number of Topliss-reactive ketones (excluding diaryl/α,β-unsaturated/α-hetero) is 2. The molecule has 1 amide bonds. The molecule has 0 aromatic carbocycles. The number of ketones is 2. The van der Waals surface area contributed by atoms with Crippen LogP contribution in [0.1, 0.15) is 34.6 Å². The molecule has 0 aromatic rings. The van der Waals surface area contributed by atoms with Gasteiger partial charge in [0.2, 0.25) is 5.91 Å². The van der Waals surface area contributed by atoms with Gasteiger partial charge in [-0.1, -0.05) is 12.7 Å². The molecular weight excluding hydrogens is 206 g/mol. The smallest absolute Gasteiger partial charge is 0.240 e. The topological polar surface area (TPSA) is 77.2 Å². The third-order valence-electron chi connectivity index (χ3n) is 0.201. The van der Waals surface area contributed by atoms with Crippen LogP contribution in [0.2, 0.25) is 0 Å². The summed E-state index contributed by atoms with van der Waals surface area (Å²) >= 11 is 0. The minimum absolute atomic E-state index is 0.167. The number of nitrogens with two attached hydrogens (primary N) is 1. The summed E-state index contributed by atoms with van der Waals surface area (Å²) in [4.78, 5) is 28.4. The maximum Gasteiger partial charge on any atom is 0.240 e. The van der Waals surface area contributed by atoms with Crippen LogP contribution in [-0.2, 0) is 14.4 Å². The molecule has 0 saturated heterocycles. The van der Waals surface area contributed by atoms with E-state index in [2.05, 4.69) is 18.9 Å². The van der Waals surface area contributed by atoms with Gasteiger partial charge < -0.3 is 15.3 Å². The van der Waals surface area contributed by atoms with Crippen LogP contribution in [0.3, 0.4) is 0 Å². The first-order valence-corrected chi connectivity index (χ1v) is 4.58. The molecule has 0 aliphatic carbocycles. The van der Waals surface area contributed by atoms with Gasteiger partial charge in [-0.2, -0.15) is 0 Å². The van der Waals surface area contributed by atoms with E-state index in [1.54, 1.807) is 6.08 Å². The summed E-state index contributed by atoms with van der Waals surface area (Å²) in [6.07, 6.45) is 2.81. The van der Waals surface area contributed by atoms with Gasteiger partial charge in [0.05, 0.1) is 0 Å². The zero-order valence-corrected chi connectivity index (χ0v) is 10.9. The van der Waals surface area contributed by atoms with Crippen LogP contribution in [-0.4, -0.2) is 17.5 Å². The largest absolute Gasteiger partial charge is 0.366 e. The molecule has 0 aliphatic heterocycles. The highest BCUT2D eigenvalue weighted by molar-refractivity contribution is 5.84. The summed E-state index contributed by atoms with van der Waals surface area (Å²) in [5, 5.41) is 0. The summed E-state index contributed by atoms with van der Waals surface area (Å²) in [6.45, 7) is 14.4. The molecule has 0 saturated carbocycles. The van der Waals surface area contributed by atoms with Crippen LogP contribution in [0.4, 0.5) is 0 Å². The Bertz CT molecular complexity index is 200. The molecule has 0 atom stereocenters. The molecule has 0 unspecified atom stereocenters. The number of carbonyl (C=O) groups excluding carboxylic acids is 3. The summed E-state index contributed by atoms with van der Waals surface area (Å²) < 4.78 is 0. The predicted molar refractivity (Wildman–Crippen MR) is 68.0 cm³/mol. The molecule has 0 aromatic heterocycles. The molecule has 0 rings (SSSR count). The number of hydrogen-bond donors (Lipinski definition) is 1. The SMILES string of the molecule is C=CC.C=CC(N)=O.CC(C)=O.CC(C)=O. The van der Waals surface area contributed by atoms with Gasteiger partial charge in [0.15, 0.2) is 0 Å². The van der Waals surface area contributed by atoms with Crippen molar-refractivity contribution in [3.05, 3.63) is 25.3 Å². The lowest BCUT2D eigenvalue weighted by Crippen LogP contribution is -2.04. The minimum atomic E-state index is -0.481. The van der Waals surface area contributed by atoms with E-state index >= 15 is 0 Å². The predicted octanol–water partition coefficient (Wildman–Crippen LogP) is 2.04. The van der Waals surface area contributed by atoms with Crippen molar-refractivity contribution in [1.29, 1.82) is 0 Å². The first-order chi connectivity index (χ1) is 7.15. The summed E-state index contributed by atoms with van der Waals surface area (Å²) in [7, 11) is 0. The highest BCUT2D eigenvalue weighted by atomic mass is 16.1. The molecule has 0 radical (unpaired) electrons. The second-order valence-electron chi connectivity index (χ2n) is 2.83. The summed E-state index contributed by atoms with van der Waals surface area (Å²) in [5.74, 6) is -0.148. The second-order valence-corrected chi connectivity index (χ2v) is 2.83. The van der Waals surface area contributed by atoms with Crippen molar-refractivity contribution in [1.82, 2.24) is 0 Å². The highest BCUT2D eigenvalue weighted by Gasteiger charge is 1.69. The number of amides is 1. The normalized spacial score (nSPS) is 6.06. The van der Waals surface area contributed by atoms with Crippen molar-refractivity contribution >= 4 is 17.5 Å². The lowest BCUT2D eigenvalue weighted by molar-refractivity contribution is -0.115. The van der Waals surface area contributed by atoms with Gasteiger partial charge in [0, 0.05) is 0 Å². The number of primary amides is 1. The Kier molecular flexibility index (Phi) is 34.7. The van der Waals surface area contributed by atoms with Crippen molar-refractivity contribution in [2.24, 2.45) is 5.73 Å². The van der Waals surface area contributed by atoms with E-state index in [0.717, 1.165) is 6.08 Å². The van der Waals surface area contributed by atoms with Crippen LogP contribution >= 0.6 is 0 Å². The molecule has 16 heavy (non-hydrogen) atoms. The molecule has 0 aliphatic rings. The average Bonchev–Trinajstić information content (AvgIpc) is 2.03.